The zero-order chi connectivity index (χ0) is 16.0. The molecule has 1 rings (SSSR count). The van der Waals surface area contributed by atoms with E-state index in [1.165, 1.54) is 13.0 Å². The fourth-order valence-corrected chi connectivity index (χ4v) is 2.33. The summed E-state index contributed by atoms with van der Waals surface area (Å²) in [6.07, 6.45) is -0.223. The van der Waals surface area contributed by atoms with E-state index in [0.717, 1.165) is 11.3 Å². The van der Waals surface area contributed by atoms with Crippen LogP contribution < -0.4 is 16.4 Å². The Morgan fingerprint density at radius 3 is 2.52 bits per heavy atom. The summed E-state index contributed by atoms with van der Waals surface area (Å²) in [4.78, 5) is 44.7. The lowest BCUT2D eigenvalue weighted by Gasteiger charge is -2.12. The maximum atomic E-state index is 11.9. The maximum absolute atomic E-state index is 11.9. The van der Waals surface area contributed by atoms with Crippen molar-refractivity contribution < 1.29 is 24.3 Å². The van der Waals surface area contributed by atoms with Crippen molar-refractivity contribution in [3.8, 4) is 0 Å². The van der Waals surface area contributed by atoms with Gasteiger partial charge in [-0.25, -0.2) is 4.79 Å². The molecule has 0 fully saturated rings. The van der Waals surface area contributed by atoms with Crippen molar-refractivity contribution in [1.29, 1.82) is 0 Å². The number of nitrogens with one attached hydrogen (secondary N) is 2. The van der Waals surface area contributed by atoms with Gasteiger partial charge in [0.25, 0.3) is 5.91 Å². The number of nitrogens with two attached hydrogens (primary N) is 1. The number of hydrogen-bond acceptors (Lipinski definition) is 5. The summed E-state index contributed by atoms with van der Waals surface area (Å²) in [5, 5.41) is 14.3. The highest BCUT2D eigenvalue weighted by Gasteiger charge is 2.22. The normalized spacial score (nSPS) is 11.5. The second-order valence-corrected chi connectivity index (χ2v) is 5.30. The monoisotopic (exact) mass is 313 g/mol. The number of carboxylic acid groups (broad SMARTS) is 1. The lowest BCUT2D eigenvalue weighted by Crippen LogP contribution is -2.41. The minimum absolute atomic E-state index is 0.0830. The molecule has 1 heterocycles. The number of hydrogen-bond donors (Lipinski definition) is 4. The highest BCUT2D eigenvalue weighted by atomic mass is 32.1. The van der Waals surface area contributed by atoms with Crippen LogP contribution in [0, 0.1) is 0 Å². The van der Waals surface area contributed by atoms with Gasteiger partial charge >= 0.3 is 5.97 Å². The molecular weight excluding hydrogens is 298 g/mol. The highest BCUT2D eigenvalue weighted by Crippen LogP contribution is 2.21. The third kappa shape index (κ3) is 5.61. The van der Waals surface area contributed by atoms with Crippen molar-refractivity contribution >= 4 is 40.0 Å². The first-order chi connectivity index (χ1) is 9.79. The quantitative estimate of drug-likeness (QED) is 0.567. The Morgan fingerprint density at radius 1 is 1.33 bits per heavy atom. The Morgan fingerprint density at radius 2 is 2.00 bits per heavy atom. The molecule has 114 valence electrons. The van der Waals surface area contributed by atoms with Gasteiger partial charge in [0.1, 0.15) is 6.04 Å². The summed E-state index contributed by atoms with van der Waals surface area (Å²) in [7, 11) is 0. The number of primary amides is 1. The summed E-state index contributed by atoms with van der Waals surface area (Å²) in [6.45, 7) is 1.34. The first-order valence-corrected chi connectivity index (χ1v) is 6.80. The molecular formula is C12H15N3O5S. The fraction of sp³-hybridized carbons (Fsp3) is 0.333. The Kier molecular flexibility index (Phi) is 5.85. The predicted octanol–water partition coefficient (Wildman–Crippen LogP) is 0.155. The van der Waals surface area contributed by atoms with Gasteiger partial charge in [-0.3, -0.25) is 14.4 Å². The van der Waals surface area contributed by atoms with Crippen LogP contribution in [0.5, 0.6) is 0 Å². The third-order valence-electron chi connectivity index (χ3n) is 2.41. The first kappa shape index (κ1) is 16.6. The Balaban J connectivity index is 2.68. The van der Waals surface area contributed by atoms with Crippen LogP contribution in [0.1, 0.15) is 29.4 Å². The van der Waals surface area contributed by atoms with E-state index in [0.29, 0.717) is 5.00 Å². The van der Waals surface area contributed by atoms with E-state index in [1.54, 1.807) is 6.07 Å². The second-order valence-electron chi connectivity index (χ2n) is 4.21. The number of amides is 3. The molecule has 0 saturated heterocycles. The van der Waals surface area contributed by atoms with E-state index in [9.17, 15) is 19.2 Å². The van der Waals surface area contributed by atoms with Gasteiger partial charge in [0.15, 0.2) is 0 Å². The number of thiophene rings is 1. The molecule has 5 N–H and O–H groups in total. The van der Waals surface area contributed by atoms with Crippen molar-refractivity contribution in [3.05, 3.63) is 17.0 Å². The molecule has 9 heteroatoms. The van der Waals surface area contributed by atoms with Gasteiger partial charge < -0.3 is 21.5 Å². The molecule has 0 bridgehead atoms. The standard InChI is InChI=1S/C12H15N3O5S/c1-6(16)14-10-5-3-8(21-10)11(18)15-7(12(19)20)2-4-9(13)17/h3,5,7H,2,4H2,1H3,(H2,13,17)(H,14,16)(H,15,18)(H,19,20). The molecule has 1 aromatic rings. The summed E-state index contributed by atoms with van der Waals surface area (Å²) in [6, 6.07) is 1.81. The van der Waals surface area contributed by atoms with E-state index in [-0.39, 0.29) is 23.6 Å². The van der Waals surface area contributed by atoms with Crippen LogP contribution in [0.15, 0.2) is 12.1 Å². The summed E-state index contributed by atoms with van der Waals surface area (Å²) in [5.74, 6) is -2.75. The average molecular weight is 313 g/mol. The average Bonchev–Trinajstić information content (AvgIpc) is 2.81. The van der Waals surface area contributed by atoms with Gasteiger partial charge in [0, 0.05) is 13.3 Å². The molecule has 3 amide bonds. The van der Waals surface area contributed by atoms with Crippen LogP contribution in [-0.4, -0.2) is 34.8 Å². The van der Waals surface area contributed by atoms with Gasteiger partial charge in [-0.1, -0.05) is 0 Å². The Bertz CT molecular complexity index is 569. The van der Waals surface area contributed by atoms with Crippen molar-refractivity contribution in [2.24, 2.45) is 5.73 Å². The smallest absolute Gasteiger partial charge is 0.326 e. The van der Waals surface area contributed by atoms with Crippen LogP contribution in [0.2, 0.25) is 0 Å². The molecule has 0 spiro atoms. The van der Waals surface area contributed by atoms with Crippen LogP contribution >= 0.6 is 11.3 Å². The molecule has 1 unspecified atom stereocenters. The van der Waals surface area contributed by atoms with Crippen LogP contribution in [0.4, 0.5) is 5.00 Å². The van der Waals surface area contributed by atoms with Crippen LogP contribution in [0.25, 0.3) is 0 Å². The molecule has 0 aromatic carbocycles. The van der Waals surface area contributed by atoms with Crippen molar-refractivity contribution in [3.63, 3.8) is 0 Å². The van der Waals surface area contributed by atoms with Crippen molar-refractivity contribution in [2.75, 3.05) is 5.32 Å². The summed E-state index contributed by atoms with van der Waals surface area (Å²) in [5.41, 5.74) is 4.95. The van der Waals surface area contributed by atoms with Crippen molar-refractivity contribution in [2.45, 2.75) is 25.8 Å². The molecule has 0 radical (unpaired) electrons. The highest BCUT2D eigenvalue weighted by molar-refractivity contribution is 7.18. The number of carbonyl (C=O) groups is 4. The lowest BCUT2D eigenvalue weighted by atomic mass is 10.1. The van der Waals surface area contributed by atoms with Crippen LogP contribution in [0.3, 0.4) is 0 Å². The summed E-state index contributed by atoms with van der Waals surface area (Å²) >= 11 is 1.02. The fourth-order valence-electron chi connectivity index (χ4n) is 1.47. The maximum Gasteiger partial charge on any atom is 0.326 e. The van der Waals surface area contributed by atoms with Crippen molar-refractivity contribution in [1.82, 2.24) is 5.32 Å². The summed E-state index contributed by atoms with van der Waals surface area (Å²) < 4.78 is 0. The molecule has 0 aliphatic carbocycles. The SMILES string of the molecule is CC(=O)Nc1ccc(C(=O)NC(CCC(N)=O)C(=O)O)s1. The molecule has 0 saturated carbocycles. The third-order valence-corrected chi connectivity index (χ3v) is 3.41. The zero-order valence-corrected chi connectivity index (χ0v) is 12.0. The molecule has 21 heavy (non-hydrogen) atoms. The molecule has 8 nitrogen and oxygen atoms in total. The molecule has 1 atom stereocenters. The zero-order valence-electron chi connectivity index (χ0n) is 11.2. The van der Waals surface area contributed by atoms with Crippen LogP contribution in [-0.2, 0) is 14.4 Å². The minimum Gasteiger partial charge on any atom is -0.480 e. The molecule has 0 aliphatic rings. The Labute approximate surface area is 124 Å². The van der Waals surface area contributed by atoms with Gasteiger partial charge in [-0.05, 0) is 18.6 Å². The number of carboxylic acids is 1. The minimum atomic E-state index is -1.25. The van der Waals surface area contributed by atoms with E-state index in [4.69, 9.17) is 10.8 Å². The van der Waals surface area contributed by atoms with Gasteiger partial charge in [0.05, 0.1) is 9.88 Å². The lowest BCUT2D eigenvalue weighted by molar-refractivity contribution is -0.139. The van der Waals surface area contributed by atoms with E-state index in [2.05, 4.69) is 10.6 Å². The first-order valence-electron chi connectivity index (χ1n) is 5.99. The molecule has 0 aliphatic heterocycles. The predicted molar refractivity (Wildman–Crippen MR) is 75.9 cm³/mol. The largest absolute Gasteiger partial charge is 0.480 e. The van der Waals surface area contributed by atoms with Gasteiger partial charge in [-0.15, -0.1) is 11.3 Å². The number of aliphatic carboxylic acids is 1. The molecule has 1 aromatic heterocycles. The number of carbonyl (C=O) groups excluding carboxylic acids is 3. The van der Waals surface area contributed by atoms with Gasteiger partial charge in [0.2, 0.25) is 11.8 Å². The van der Waals surface area contributed by atoms with E-state index >= 15 is 0 Å². The van der Waals surface area contributed by atoms with E-state index < -0.39 is 23.8 Å². The Hall–Kier alpha value is -2.42. The van der Waals surface area contributed by atoms with E-state index in [1.807, 2.05) is 0 Å². The topological polar surface area (TPSA) is 139 Å². The number of anilines is 1. The second kappa shape index (κ2) is 7.39. The van der Waals surface area contributed by atoms with Gasteiger partial charge in [-0.2, -0.15) is 0 Å². The number of rotatable bonds is 7.